The van der Waals surface area contributed by atoms with Gasteiger partial charge < -0.3 is 26.2 Å². The van der Waals surface area contributed by atoms with Crippen molar-refractivity contribution in [1.82, 2.24) is 14.9 Å². The van der Waals surface area contributed by atoms with E-state index in [-0.39, 0.29) is 29.6 Å². The molecule has 3 heterocycles. The van der Waals surface area contributed by atoms with Gasteiger partial charge in [0.1, 0.15) is 0 Å². The van der Waals surface area contributed by atoms with E-state index in [2.05, 4.69) is 55.6 Å². The summed E-state index contributed by atoms with van der Waals surface area (Å²) in [4.78, 5) is 25.8. The Kier molecular flexibility index (Phi) is 5.75. The van der Waals surface area contributed by atoms with Crippen molar-refractivity contribution in [1.29, 1.82) is 0 Å². The van der Waals surface area contributed by atoms with Gasteiger partial charge in [-0.25, -0.2) is 9.37 Å². The predicted molar refractivity (Wildman–Crippen MR) is 134 cm³/mol. The van der Waals surface area contributed by atoms with Crippen LogP contribution in [0.3, 0.4) is 0 Å². The maximum atomic E-state index is 14.7. The van der Waals surface area contributed by atoms with Crippen molar-refractivity contribution in [3.8, 4) is 0 Å². The fourth-order valence-corrected chi connectivity index (χ4v) is 7.02. The Morgan fingerprint density at radius 3 is 2.80 bits per heavy atom. The van der Waals surface area contributed by atoms with Crippen molar-refractivity contribution in [3.63, 3.8) is 0 Å². The quantitative estimate of drug-likeness (QED) is 0.609. The molecule has 4 N–H and O–H groups in total. The topological polar surface area (TPSA) is 99.4 Å². The van der Waals surface area contributed by atoms with Gasteiger partial charge in [-0.1, -0.05) is 0 Å². The lowest BCUT2D eigenvalue weighted by Gasteiger charge is -2.36. The summed E-state index contributed by atoms with van der Waals surface area (Å²) in [6, 6.07) is 6.26. The number of fused-ring (bicyclic) bond motifs is 5. The summed E-state index contributed by atoms with van der Waals surface area (Å²) in [5.41, 5.74) is 9.33. The van der Waals surface area contributed by atoms with Crippen molar-refractivity contribution in [2.45, 2.75) is 38.1 Å². The SMILES string of the molecule is CN1CCN(c2ccc3cc2CCC[C@@H]2C[C@H]4C[C@H]2[C@@H](Nc2nc(ncc2F)N3)[C@H]4C(N)=O)CC1. The number of carbonyl (C=O) groups excluding carboxylic acids is 1. The number of halogens is 1. The molecule has 2 aromatic rings. The molecule has 2 saturated carbocycles. The average molecular weight is 480 g/mol. The molecule has 2 aliphatic heterocycles. The van der Waals surface area contributed by atoms with Gasteiger partial charge in [0.15, 0.2) is 11.6 Å². The molecule has 1 aromatic heterocycles. The molecule has 1 amide bonds. The summed E-state index contributed by atoms with van der Waals surface area (Å²) in [6.07, 6.45) is 6.37. The summed E-state index contributed by atoms with van der Waals surface area (Å²) in [5, 5.41) is 6.55. The molecule has 35 heavy (non-hydrogen) atoms. The van der Waals surface area contributed by atoms with Crippen LogP contribution in [0, 0.1) is 29.5 Å². The lowest BCUT2D eigenvalue weighted by Crippen LogP contribution is -2.45. The first-order valence-corrected chi connectivity index (χ1v) is 12.9. The van der Waals surface area contributed by atoms with Crippen molar-refractivity contribution in [2.75, 3.05) is 48.8 Å². The maximum Gasteiger partial charge on any atom is 0.229 e. The highest BCUT2D eigenvalue weighted by molar-refractivity contribution is 5.79. The Morgan fingerprint density at radius 2 is 2.00 bits per heavy atom. The Labute approximate surface area is 205 Å². The zero-order valence-corrected chi connectivity index (χ0v) is 20.2. The van der Waals surface area contributed by atoms with E-state index in [1.807, 2.05) is 0 Å². The minimum Gasteiger partial charge on any atom is -0.369 e. The van der Waals surface area contributed by atoms with Crippen LogP contribution in [0.25, 0.3) is 0 Å². The van der Waals surface area contributed by atoms with Crippen molar-refractivity contribution in [2.24, 2.45) is 29.4 Å². The number of primary amides is 1. The number of nitrogens with one attached hydrogen (secondary N) is 2. The smallest absolute Gasteiger partial charge is 0.229 e. The van der Waals surface area contributed by atoms with Gasteiger partial charge in [-0.15, -0.1) is 0 Å². The Bertz CT molecular complexity index is 1120. The molecule has 8 nitrogen and oxygen atoms in total. The summed E-state index contributed by atoms with van der Waals surface area (Å²) >= 11 is 0. The van der Waals surface area contributed by atoms with E-state index in [9.17, 15) is 9.18 Å². The second-order valence-corrected chi connectivity index (χ2v) is 10.8. The fourth-order valence-electron chi connectivity index (χ4n) is 7.02. The van der Waals surface area contributed by atoms with Crippen molar-refractivity contribution in [3.05, 3.63) is 35.8 Å². The monoisotopic (exact) mass is 479 g/mol. The largest absolute Gasteiger partial charge is 0.369 e. The number of nitrogens with zero attached hydrogens (tertiary/aromatic N) is 4. The number of carbonyl (C=O) groups is 1. The minimum atomic E-state index is -0.517. The predicted octanol–water partition coefficient (Wildman–Crippen LogP) is 2.99. The highest BCUT2D eigenvalue weighted by Crippen LogP contribution is 2.54. The van der Waals surface area contributed by atoms with Crippen LogP contribution >= 0.6 is 0 Å². The number of rotatable bonds is 2. The number of hydrogen-bond acceptors (Lipinski definition) is 7. The van der Waals surface area contributed by atoms with E-state index in [0.29, 0.717) is 17.8 Å². The Hall–Kier alpha value is -2.94. The normalized spacial score (nSPS) is 30.3. The zero-order valence-electron chi connectivity index (χ0n) is 20.2. The first-order valence-electron chi connectivity index (χ1n) is 12.9. The number of hydrogen-bond donors (Lipinski definition) is 3. The molecule has 3 fully saturated rings. The molecule has 0 unspecified atom stereocenters. The van der Waals surface area contributed by atoms with Gasteiger partial charge >= 0.3 is 0 Å². The van der Waals surface area contributed by atoms with Crippen LogP contribution in [-0.4, -0.2) is 60.0 Å². The van der Waals surface area contributed by atoms with Crippen LogP contribution in [0.15, 0.2) is 24.4 Å². The molecule has 186 valence electrons. The molecular formula is C26H34FN7O. The van der Waals surface area contributed by atoms with Crippen LogP contribution in [0.4, 0.5) is 27.5 Å². The maximum absolute atomic E-state index is 14.7. The number of anilines is 4. The van der Waals surface area contributed by atoms with Gasteiger partial charge in [-0.2, -0.15) is 4.98 Å². The van der Waals surface area contributed by atoms with Crippen molar-refractivity contribution >= 4 is 29.0 Å². The van der Waals surface area contributed by atoms with E-state index in [1.165, 1.54) is 17.4 Å². The van der Waals surface area contributed by atoms with E-state index in [1.54, 1.807) is 0 Å². The number of aromatic nitrogens is 2. The van der Waals surface area contributed by atoms with E-state index in [4.69, 9.17) is 5.73 Å². The molecule has 5 atom stereocenters. The first kappa shape index (κ1) is 22.5. The Balaban J connectivity index is 1.35. The summed E-state index contributed by atoms with van der Waals surface area (Å²) in [6.45, 7) is 4.17. The van der Waals surface area contributed by atoms with Crippen LogP contribution in [0.2, 0.25) is 0 Å². The summed E-state index contributed by atoms with van der Waals surface area (Å²) in [7, 11) is 2.17. The van der Waals surface area contributed by atoms with Crippen molar-refractivity contribution < 1.29 is 9.18 Å². The van der Waals surface area contributed by atoms with Gasteiger partial charge in [-0.05, 0) is 80.7 Å². The number of benzene rings is 1. The molecule has 2 aliphatic carbocycles. The summed E-state index contributed by atoms with van der Waals surface area (Å²) in [5.74, 6) is 0.441. The van der Waals surface area contributed by atoms with E-state index in [0.717, 1.165) is 64.0 Å². The second kappa shape index (κ2) is 8.93. The molecular weight excluding hydrogens is 445 g/mol. The third kappa shape index (κ3) is 4.20. The van der Waals surface area contributed by atoms with Crippen LogP contribution < -0.4 is 21.3 Å². The fraction of sp³-hybridized carbons (Fsp3) is 0.577. The van der Waals surface area contributed by atoms with E-state index >= 15 is 0 Å². The lowest BCUT2D eigenvalue weighted by molar-refractivity contribution is -0.123. The lowest BCUT2D eigenvalue weighted by atomic mass is 9.76. The molecule has 6 rings (SSSR count). The van der Waals surface area contributed by atoms with Crippen LogP contribution in [0.5, 0.6) is 0 Å². The van der Waals surface area contributed by atoms with Gasteiger partial charge in [0.2, 0.25) is 11.9 Å². The third-order valence-corrected chi connectivity index (χ3v) is 8.72. The van der Waals surface area contributed by atoms with E-state index < -0.39 is 5.82 Å². The molecule has 6 bridgehead atoms. The number of nitrogens with two attached hydrogens (primary N) is 1. The molecule has 0 radical (unpaired) electrons. The van der Waals surface area contributed by atoms with Gasteiger partial charge in [0.25, 0.3) is 0 Å². The molecule has 0 spiro atoms. The zero-order chi connectivity index (χ0) is 24.1. The first-order chi connectivity index (χ1) is 17.0. The molecule has 9 heteroatoms. The number of amides is 1. The van der Waals surface area contributed by atoms with Crippen LogP contribution in [0.1, 0.15) is 31.2 Å². The number of likely N-dealkylation sites (N-methyl/N-ethyl adjacent to an activating group) is 1. The minimum absolute atomic E-state index is 0.136. The van der Waals surface area contributed by atoms with Gasteiger partial charge in [0.05, 0.1) is 12.1 Å². The second-order valence-electron chi connectivity index (χ2n) is 10.8. The highest BCUT2D eigenvalue weighted by Gasteiger charge is 2.54. The number of piperazine rings is 1. The Morgan fingerprint density at radius 1 is 1.17 bits per heavy atom. The summed E-state index contributed by atoms with van der Waals surface area (Å²) < 4.78 is 14.7. The van der Waals surface area contributed by atoms with Gasteiger partial charge in [0, 0.05) is 43.6 Å². The van der Waals surface area contributed by atoms with Crippen LogP contribution in [-0.2, 0) is 11.2 Å². The molecule has 4 aliphatic rings. The average Bonchev–Trinajstić information content (AvgIpc) is 3.40. The highest BCUT2D eigenvalue weighted by atomic mass is 19.1. The number of aryl methyl sites for hydroxylation is 1. The standard InChI is InChI=1S/C26H34FN7O/c1-33-7-9-34(10-8-33)21-6-5-18-12-16(21)4-2-3-15-11-17-13-19(15)23(22(17)24(28)35)31-25-20(27)14-29-26(30-18)32-25/h5-6,12,14-15,17,19,22-23H,2-4,7-11,13H2,1H3,(H2,28,35)(H2,29,30,31,32)/t15-,17+,19-,22+,23-/m1/s1. The van der Waals surface area contributed by atoms with Gasteiger partial charge in [-0.3, -0.25) is 4.79 Å². The molecule has 1 saturated heterocycles. The molecule has 1 aromatic carbocycles. The third-order valence-electron chi connectivity index (χ3n) is 8.72.